The van der Waals surface area contributed by atoms with E-state index in [-0.39, 0.29) is 5.91 Å². The van der Waals surface area contributed by atoms with Crippen LogP contribution in [0.25, 0.3) is 0 Å². The van der Waals surface area contributed by atoms with Gasteiger partial charge in [-0.25, -0.2) is 0 Å². The molecule has 0 saturated carbocycles. The first-order valence-electron chi connectivity index (χ1n) is 8.88. The fraction of sp³-hybridized carbons (Fsp3) is 0.647. The number of rotatable bonds is 4. The topological polar surface area (TPSA) is 92.3 Å². The highest BCUT2D eigenvalue weighted by atomic mass is 32.2. The molecule has 3 heterocycles. The standard InChI is InChI=1S/C17H26N4O5S/c1-19(2)27(23,24)21-8-5-17(6-9-21)13-20(10-11-26-17)16(22)15-12-14(25-3)4-7-18-15/h4,7,12H,5-6,8-11,13H2,1-3H3. The van der Waals surface area contributed by atoms with Gasteiger partial charge in [-0.15, -0.1) is 0 Å². The SMILES string of the molecule is COc1ccnc(C(=O)N2CCOC3(CCN(S(=O)(=O)N(C)C)CC3)C2)c1. The first-order valence-corrected chi connectivity index (χ1v) is 10.3. The lowest BCUT2D eigenvalue weighted by Crippen LogP contribution is -2.59. The van der Waals surface area contributed by atoms with Gasteiger partial charge in [0.15, 0.2) is 0 Å². The number of hydrogen-bond acceptors (Lipinski definition) is 6. The Morgan fingerprint density at radius 3 is 2.63 bits per heavy atom. The third-order valence-electron chi connectivity index (χ3n) is 5.14. The number of nitrogens with zero attached hydrogens (tertiary/aromatic N) is 4. The first-order chi connectivity index (χ1) is 12.8. The van der Waals surface area contributed by atoms with Crippen molar-refractivity contribution in [2.45, 2.75) is 18.4 Å². The van der Waals surface area contributed by atoms with Gasteiger partial charge in [-0.2, -0.15) is 17.0 Å². The van der Waals surface area contributed by atoms with Gasteiger partial charge in [-0.1, -0.05) is 0 Å². The Morgan fingerprint density at radius 2 is 2.00 bits per heavy atom. The van der Waals surface area contributed by atoms with Crippen LogP contribution in [0.15, 0.2) is 18.3 Å². The molecule has 2 saturated heterocycles. The van der Waals surface area contributed by atoms with Crippen LogP contribution in [0.5, 0.6) is 5.75 Å². The van der Waals surface area contributed by atoms with E-state index < -0.39 is 15.8 Å². The quantitative estimate of drug-likeness (QED) is 0.720. The summed E-state index contributed by atoms with van der Waals surface area (Å²) in [4.78, 5) is 18.7. The van der Waals surface area contributed by atoms with Crippen molar-refractivity contribution < 1.29 is 22.7 Å². The van der Waals surface area contributed by atoms with E-state index in [1.165, 1.54) is 22.7 Å². The Kier molecular flexibility index (Phi) is 5.71. The minimum atomic E-state index is -3.43. The van der Waals surface area contributed by atoms with Crippen molar-refractivity contribution in [2.75, 3.05) is 54.0 Å². The summed E-state index contributed by atoms with van der Waals surface area (Å²) in [5, 5.41) is 0. The fourth-order valence-corrected chi connectivity index (χ4v) is 4.60. The van der Waals surface area contributed by atoms with Crippen molar-refractivity contribution in [3.05, 3.63) is 24.0 Å². The Balaban J connectivity index is 1.69. The predicted molar refractivity (Wildman–Crippen MR) is 98.8 cm³/mol. The summed E-state index contributed by atoms with van der Waals surface area (Å²) in [6.07, 6.45) is 2.65. The minimum absolute atomic E-state index is 0.167. The minimum Gasteiger partial charge on any atom is -0.497 e. The second-order valence-corrected chi connectivity index (χ2v) is 9.17. The van der Waals surface area contributed by atoms with E-state index in [2.05, 4.69) is 4.98 Å². The molecule has 2 fully saturated rings. The van der Waals surface area contributed by atoms with Crippen molar-refractivity contribution in [2.24, 2.45) is 0 Å². The molecule has 0 bridgehead atoms. The molecule has 10 heteroatoms. The van der Waals surface area contributed by atoms with Crippen LogP contribution in [0.2, 0.25) is 0 Å². The first kappa shape index (κ1) is 20.0. The Morgan fingerprint density at radius 1 is 1.30 bits per heavy atom. The van der Waals surface area contributed by atoms with Crippen LogP contribution in [0.3, 0.4) is 0 Å². The van der Waals surface area contributed by atoms with Crippen LogP contribution >= 0.6 is 0 Å². The maximum absolute atomic E-state index is 12.8. The number of hydrogen-bond donors (Lipinski definition) is 0. The van der Waals surface area contributed by atoms with Gasteiger partial charge < -0.3 is 14.4 Å². The number of carbonyl (C=O) groups is 1. The number of ether oxygens (including phenoxy) is 2. The van der Waals surface area contributed by atoms with Gasteiger partial charge in [0.2, 0.25) is 0 Å². The molecule has 1 spiro atoms. The van der Waals surface area contributed by atoms with Gasteiger partial charge in [0.1, 0.15) is 11.4 Å². The summed E-state index contributed by atoms with van der Waals surface area (Å²) in [6.45, 7) is 2.09. The van der Waals surface area contributed by atoms with Crippen LogP contribution in [0.1, 0.15) is 23.3 Å². The van der Waals surface area contributed by atoms with Gasteiger partial charge in [0.25, 0.3) is 16.1 Å². The number of carbonyl (C=O) groups excluding carboxylic acids is 1. The Hall–Kier alpha value is -1.75. The molecule has 0 aliphatic carbocycles. The molecule has 0 atom stereocenters. The van der Waals surface area contributed by atoms with E-state index in [9.17, 15) is 13.2 Å². The molecule has 150 valence electrons. The van der Waals surface area contributed by atoms with Gasteiger partial charge in [0, 0.05) is 46.0 Å². The lowest BCUT2D eigenvalue weighted by atomic mass is 9.90. The average Bonchev–Trinajstić information content (AvgIpc) is 2.67. The zero-order valence-electron chi connectivity index (χ0n) is 15.9. The molecule has 2 aliphatic heterocycles. The van der Waals surface area contributed by atoms with Crippen LogP contribution in [-0.4, -0.2) is 92.4 Å². The van der Waals surface area contributed by atoms with Crippen molar-refractivity contribution in [1.29, 1.82) is 0 Å². The molecule has 1 aromatic heterocycles. The second kappa shape index (κ2) is 7.70. The monoisotopic (exact) mass is 398 g/mol. The van der Waals surface area contributed by atoms with Crippen molar-refractivity contribution in [3.8, 4) is 5.75 Å². The normalized spacial score (nSPS) is 20.8. The van der Waals surface area contributed by atoms with E-state index in [1.807, 2.05) is 0 Å². The second-order valence-electron chi connectivity index (χ2n) is 7.03. The highest BCUT2D eigenvalue weighted by molar-refractivity contribution is 7.86. The lowest BCUT2D eigenvalue weighted by molar-refractivity contribution is -0.121. The molecule has 0 radical (unpaired) electrons. The smallest absolute Gasteiger partial charge is 0.281 e. The molecule has 0 N–H and O–H groups in total. The predicted octanol–water partition coefficient (Wildman–Crippen LogP) is 0.204. The highest BCUT2D eigenvalue weighted by Gasteiger charge is 2.43. The maximum atomic E-state index is 12.8. The average molecular weight is 398 g/mol. The molecular weight excluding hydrogens is 372 g/mol. The van der Waals surface area contributed by atoms with Crippen LogP contribution < -0.4 is 4.74 Å². The van der Waals surface area contributed by atoms with Gasteiger partial charge in [-0.3, -0.25) is 9.78 Å². The largest absolute Gasteiger partial charge is 0.497 e. The highest BCUT2D eigenvalue weighted by Crippen LogP contribution is 2.32. The summed E-state index contributed by atoms with van der Waals surface area (Å²) < 4.78 is 38.5. The molecule has 1 aromatic rings. The molecular formula is C17H26N4O5S. The molecule has 9 nitrogen and oxygen atoms in total. The number of morpholine rings is 1. The van der Waals surface area contributed by atoms with Gasteiger partial charge in [-0.05, 0) is 18.9 Å². The van der Waals surface area contributed by atoms with Gasteiger partial charge >= 0.3 is 0 Å². The number of aromatic nitrogens is 1. The molecule has 1 amide bonds. The molecule has 0 aromatic carbocycles. The maximum Gasteiger partial charge on any atom is 0.281 e. The molecule has 2 aliphatic rings. The van der Waals surface area contributed by atoms with E-state index in [0.29, 0.717) is 57.1 Å². The summed E-state index contributed by atoms with van der Waals surface area (Å²) in [5.41, 5.74) is -0.176. The van der Waals surface area contributed by atoms with E-state index in [4.69, 9.17) is 9.47 Å². The fourth-order valence-electron chi connectivity index (χ4n) is 3.49. The van der Waals surface area contributed by atoms with Crippen LogP contribution in [0.4, 0.5) is 0 Å². The number of pyridine rings is 1. The third-order valence-corrected chi connectivity index (χ3v) is 7.08. The van der Waals surface area contributed by atoms with Crippen molar-refractivity contribution in [1.82, 2.24) is 18.5 Å². The van der Waals surface area contributed by atoms with E-state index in [0.717, 1.165) is 0 Å². The summed E-state index contributed by atoms with van der Waals surface area (Å²) in [5.74, 6) is 0.415. The summed E-state index contributed by atoms with van der Waals surface area (Å²) in [6, 6.07) is 3.31. The third kappa shape index (κ3) is 4.08. The zero-order valence-corrected chi connectivity index (χ0v) is 16.7. The molecule has 3 rings (SSSR count). The number of methoxy groups -OCH3 is 1. The number of amides is 1. The Bertz CT molecular complexity index is 790. The van der Waals surface area contributed by atoms with E-state index in [1.54, 1.807) is 30.3 Å². The summed E-state index contributed by atoms with van der Waals surface area (Å²) in [7, 11) is 1.17. The zero-order chi connectivity index (χ0) is 19.7. The van der Waals surface area contributed by atoms with Gasteiger partial charge in [0.05, 0.1) is 25.9 Å². The van der Waals surface area contributed by atoms with Crippen molar-refractivity contribution in [3.63, 3.8) is 0 Å². The van der Waals surface area contributed by atoms with Crippen LogP contribution in [0, 0.1) is 0 Å². The summed E-state index contributed by atoms with van der Waals surface area (Å²) >= 11 is 0. The van der Waals surface area contributed by atoms with E-state index >= 15 is 0 Å². The molecule has 27 heavy (non-hydrogen) atoms. The lowest BCUT2D eigenvalue weighted by Gasteiger charge is -2.47. The van der Waals surface area contributed by atoms with Crippen molar-refractivity contribution >= 4 is 16.1 Å². The Labute approximate surface area is 160 Å². The molecule has 0 unspecified atom stereocenters. The van der Waals surface area contributed by atoms with Crippen LogP contribution in [-0.2, 0) is 14.9 Å². The number of piperidine rings is 1.